The Bertz CT molecular complexity index is 661. The van der Waals surface area contributed by atoms with Crippen LogP contribution in [0.3, 0.4) is 0 Å². The molecule has 0 bridgehead atoms. The van der Waals surface area contributed by atoms with Crippen LogP contribution in [0.2, 0.25) is 0 Å². The van der Waals surface area contributed by atoms with E-state index in [1.165, 1.54) is 0 Å². The van der Waals surface area contributed by atoms with E-state index in [0.29, 0.717) is 16.4 Å². The highest BCUT2D eigenvalue weighted by atomic mass is 16.7. The highest BCUT2D eigenvalue weighted by molar-refractivity contribution is 6.20. The molecule has 1 aromatic rings. The molecule has 1 aliphatic carbocycles. The molecule has 0 aromatic heterocycles. The third kappa shape index (κ3) is 3.60. The molecule has 1 saturated carbocycles. The van der Waals surface area contributed by atoms with Gasteiger partial charge in [-0.2, -0.15) is 0 Å². The first-order valence-corrected chi connectivity index (χ1v) is 8.96. The molecule has 0 radical (unpaired) electrons. The van der Waals surface area contributed by atoms with Gasteiger partial charge in [0, 0.05) is 0 Å². The Kier molecular flexibility index (Phi) is 4.67. The van der Waals surface area contributed by atoms with Crippen LogP contribution in [0, 0.1) is 17.3 Å². The van der Waals surface area contributed by atoms with Crippen LogP contribution in [-0.2, 0) is 9.63 Å². The number of hydroxylamine groups is 2. The zero-order valence-corrected chi connectivity index (χ0v) is 15.1. The van der Waals surface area contributed by atoms with Crippen LogP contribution in [0.1, 0.15) is 73.6 Å². The van der Waals surface area contributed by atoms with Crippen molar-refractivity contribution in [2.45, 2.75) is 52.9 Å². The number of hydrogen-bond donors (Lipinski definition) is 0. The second kappa shape index (κ2) is 6.62. The van der Waals surface area contributed by atoms with E-state index in [-0.39, 0.29) is 23.5 Å². The van der Waals surface area contributed by atoms with E-state index < -0.39 is 17.8 Å². The molecular formula is C20H25NO4. The Morgan fingerprint density at radius 2 is 1.56 bits per heavy atom. The van der Waals surface area contributed by atoms with Crippen molar-refractivity contribution in [1.82, 2.24) is 5.06 Å². The lowest BCUT2D eigenvalue weighted by Gasteiger charge is -2.36. The number of carbonyl (C=O) groups excluding carboxylic acids is 3. The molecule has 1 fully saturated rings. The van der Waals surface area contributed by atoms with Gasteiger partial charge in [-0.3, -0.25) is 9.59 Å². The summed E-state index contributed by atoms with van der Waals surface area (Å²) in [7, 11) is 0. The van der Waals surface area contributed by atoms with Crippen molar-refractivity contribution in [2.24, 2.45) is 17.3 Å². The van der Waals surface area contributed by atoms with Gasteiger partial charge in [0.15, 0.2) is 0 Å². The molecule has 1 aliphatic heterocycles. The van der Waals surface area contributed by atoms with Gasteiger partial charge in [0.2, 0.25) is 0 Å². The quantitative estimate of drug-likeness (QED) is 0.779. The smallest absolute Gasteiger partial charge is 0.330 e. The summed E-state index contributed by atoms with van der Waals surface area (Å²) in [4.78, 5) is 41.8. The molecule has 5 nitrogen and oxygen atoms in total. The van der Waals surface area contributed by atoms with Crippen LogP contribution < -0.4 is 0 Å². The Labute approximate surface area is 148 Å². The SMILES string of the molecule is CC(C)(C)C1CCC(CC(=O)ON2C(=O)c3ccccc3C2=O)CC1. The average Bonchev–Trinajstić information content (AvgIpc) is 2.80. The summed E-state index contributed by atoms with van der Waals surface area (Å²) in [5.74, 6) is -0.693. The zero-order chi connectivity index (χ0) is 18.2. The number of benzene rings is 1. The number of fused-ring (bicyclic) bond motifs is 1. The second-order valence-electron chi connectivity index (χ2n) is 8.20. The second-order valence-corrected chi connectivity index (χ2v) is 8.20. The van der Waals surface area contributed by atoms with Crippen LogP contribution in [-0.4, -0.2) is 22.8 Å². The predicted molar refractivity (Wildman–Crippen MR) is 92.6 cm³/mol. The first-order chi connectivity index (χ1) is 11.8. The fourth-order valence-electron chi connectivity index (χ4n) is 3.86. The number of hydrogen-bond acceptors (Lipinski definition) is 4. The van der Waals surface area contributed by atoms with E-state index in [9.17, 15) is 14.4 Å². The summed E-state index contributed by atoms with van der Waals surface area (Å²) >= 11 is 0. The normalized spacial score (nSPS) is 23.6. The van der Waals surface area contributed by atoms with Crippen LogP contribution in [0.25, 0.3) is 0 Å². The molecule has 1 heterocycles. The highest BCUT2D eigenvalue weighted by Gasteiger charge is 2.39. The van der Waals surface area contributed by atoms with Crippen molar-refractivity contribution in [1.29, 1.82) is 0 Å². The molecule has 3 rings (SSSR count). The highest BCUT2D eigenvalue weighted by Crippen LogP contribution is 2.40. The summed E-state index contributed by atoms with van der Waals surface area (Å²) in [5.41, 5.74) is 0.864. The summed E-state index contributed by atoms with van der Waals surface area (Å²) in [6.07, 6.45) is 4.44. The third-order valence-corrected chi connectivity index (χ3v) is 5.48. The first kappa shape index (κ1) is 17.6. The molecule has 0 unspecified atom stereocenters. The van der Waals surface area contributed by atoms with E-state index >= 15 is 0 Å². The van der Waals surface area contributed by atoms with E-state index in [0.717, 1.165) is 25.7 Å². The van der Waals surface area contributed by atoms with Gasteiger partial charge in [-0.25, -0.2) is 4.79 Å². The lowest BCUT2D eigenvalue weighted by Crippen LogP contribution is -2.34. The minimum atomic E-state index is -0.564. The molecule has 134 valence electrons. The summed E-state index contributed by atoms with van der Waals surface area (Å²) in [5, 5.41) is 0.605. The van der Waals surface area contributed by atoms with E-state index in [4.69, 9.17) is 4.84 Å². The average molecular weight is 343 g/mol. The van der Waals surface area contributed by atoms with Crippen molar-refractivity contribution in [2.75, 3.05) is 0 Å². The number of amides is 2. The molecule has 0 saturated heterocycles. The van der Waals surface area contributed by atoms with Gasteiger partial charge in [0.05, 0.1) is 17.5 Å². The van der Waals surface area contributed by atoms with Crippen LogP contribution in [0.4, 0.5) is 0 Å². The van der Waals surface area contributed by atoms with E-state index in [1.807, 2.05) is 0 Å². The minimum absolute atomic E-state index is 0.254. The number of rotatable bonds is 3. The number of imide groups is 1. The molecule has 1 aromatic carbocycles. The monoisotopic (exact) mass is 343 g/mol. The summed E-state index contributed by atoms with van der Waals surface area (Å²) in [6, 6.07) is 6.50. The maximum atomic E-state index is 12.2. The van der Waals surface area contributed by atoms with Crippen LogP contribution in [0.5, 0.6) is 0 Å². The summed E-state index contributed by atoms with van der Waals surface area (Å²) < 4.78 is 0. The first-order valence-electron chi connectivity index (χ1n) is 8.96. The molecule has 5 heteroatoms. The van der Waals surface area contributed by atoms with Crippen molar-refractivity contribution in [3.05, 3.63) is 35.4 Å². The van der Waals surface area contributed by atoms with Gasteiger partial charge < -0.3 is 4.84 Å². The third-order valence-electron chi connectivity index (χ3n) is 5.48. The standard InChI is InChI=1S/C20H25NO4/c1-20(2,3)14-10-8-13(9-11-14)12-17(22)25-21-18(23)15-6-4-5-7-16(15)19(21)24/h4-7,13-14H,8-12H2,1-3H3. The number of nitrogens with zero attached hydrogens (tertiary/aromatic N) is 1. The van der Waals surface area contributed by atoms with Gasteiger partial charge in [-0.1, -0.05) is 38.0 Å². The fraction of sp³-hybridized carbons (Fsp3) is 0.550. The molecule has 0 atom stereocenters. The lowest BCUT2D eigenvalue weighted by molar-refractivity contribution is -0.170. The summed E-state index contributed by atoms with van der Waals surface area (Å²) in [6.45, 7) is 6.78. The lowest BCUT2D eigenvalue weighted by atomic mass is 9.69. The van der Waals surface area contributed by atoms with Gasteiger partial charge in [-0.05, 0) is 55.1 Å². The van der Waals surface area contributed by atoms with Crippen molar-refractivity contribution in [3.8, 4) is 0 Å². The number of carbonyl (C=O) groups is 3. The van der Waals surface area contributed by atoms with Gasteiger partial charge >= 0.3 is 5.97 Å². The van der Waals surface area contributed by atoms with Gasteiger partial charge in [0.25, 0.3) is 11.8 Å². The van der Waals surface area contributed by atoms with E-state index in [1.54, 1.807) is 24.3 Å². The van der Waals surface area contributed by atoms with Crippen LogP contribution in [0.15, 0.2) is 24.3 Å². The molecule has 0 N–H and O–H groups in total. The maximum absolute atomic E-state index is 12.2. The van der Waals surface area contributed by atoms with E-state index in [2.05, 4.69) is 20.8 Å². The van der Waals surface area contributed by atoms with Gasteiger partial charge in [-0.15, -0.1) is 0 Å². The molecule has 25 heavy (non-hydrogen) atoms. The van der Waals surface area contributed by atoms with Crippen LogP contribution >= 0.6 is 0 Å². The Balaban J connectivity index is 1.55. The Hall–Kier alpha value is -2.17. The minimum Gasteiger partial charge on any atom is -0.330 e. The largest absolute Gasteiger partial charge is 0.333 e. The molecule has 0 spiro atoms. The van der Waals surface area contributed by atoms with Crippen molar-refractivity contribution >= 4 is 17.8 Å². The molecular weight excluding hydrogens is 318 g/mol. The Morgan fingerprint density at radius 3 is 2.04 bits per heavy atom. The zero-order valence-electron chi connectivity index (χ0n) is 15.1. The van der Waals surface area contributed by atoms with Crippen molar-refractivity contribution < 1.29 is 19.2 Å². The predicted octanol–water partition coefficient (Wildman–Crippen LogP) is 3.98. The molecule has 2 aliphatic rings. The topological polar surface area (TPSA) is 63.7 Å². The Morgan fingerprint density at radius 1 is 1.04 bits per heavy atom. The van der Waals surface area contributed by atoms with Gasteiger partial charge in [0.1, 0.15) is 0 Å². The van der Waals surface area contributed by atoms with Crippen molar-refractivity contribution in [3.63, 3.8) is 0 Å². The molecule has 2 amide bonds. The fourth-order valence-corrected chi connectivity index (χ4v) is 3.86. The maximum Gasteiger partial charge on any atom is 0.333 e.